The third kappa shape index (κ3) is 4.94. The Morgan fingerprint density at radius 3 is 2.57 bits per heavy atom. The number of para-hydroxylation sites is 1. The summed E-state index contributed by atoms with van der Waals surface area (Å²) in [6.07, 6.45) is 1.70. The van der Waals surface area contributed by atoms with Crippen molar-refractivity contribution in [1.29, 1.82) is 0 Å². The lowest BCUT2D eigenvalue weighted by Gasteiger charge is -2.28. The molecule has 1 aromatic carbocycles. The average Bonchev–Trinajstić information content (AvgIpc) is 2.54. The van der Waals surface area contributed by atoms with Crippen LogP contribution in [0.1, 0.15) is 30.9 Å². The maximum Gasteiger partial charge on any atom is 0.237 e. The van der Waals surface area contributed by atoms with Crippen LogP contribution in [-0.4, -0.2) is 37.8 Å². The normalized spacial score (nSPS) is 18.3. The van der Waals surface area contributed by atoms with Crippen LogP contribution < -0.4 is 15.8 Å². The van der Waals surface area contributed by atoms with Gasteiger partial charge < -0.3 is 20.5 Å². The fourth-order valence-corrected chi connectivity index (χ4v) is 2.90. The van der Waals surface area contributed by atoms with Gasteiger partial charge in [-0.15, -0.1) is 0 Å². The summed E-state index contributed by atoms with van der Waals surface area (Å²) in [5.74, 6) is 0.993. The van der Waals surface area contributed by atoms with Gasteiger partial charge in [0.15, 0.2) is 0 Å². The summed E-state index contributed by atoms with van der Waals surface area (Å²) >= 11 is 0. The highest BCUT2D eigenvalue weighted by Gasteiger charge is 2.27. The second kappa shape index (κ2) is 8.31. The maximum atomic E-state index is 12.3. The molecule has 2 rings (SSSR count). The lowest BCUT2D eigenvalue weighted by atomic mass is 9.92. The predicted molar refractivity (Wildman–Crippen MR) is 90.5 cm³/mol. The lowest BCUT2D eigenvalue weighted by Crippen LogP contribution is -2.50. The molecule has 1 saturated heterocycles. The molecule has 1 fully saturated rings. The van der Waals surface area contributed by atoms with E-state index in [1.54, 1.807) is 0 Å². The van der Waals surface area contributed by atoms with Gasteiger partial charge in [-0.2, -0.15) is 0 Å². The largest absolute Gasteiger partial charge is 0.491 e. The second-order valence-corrected chi connectivity index (χ2v) is 6.42. The van der Waals surface area contributed by atoms with Crippen molar-refractivity contribution in [3.8, 4) is 5.75 Å². The molecule has 128 valence electrons. The monoisotopic (exact) mass is 320 g/mol. The summed E-state index contributed by atoms with van der Waals surface area (Å²) in [5.41, 5.74) is 8.29. The first-order valence-electron chi connectivity index (χ1n) is 8.31. The maximum absolute atomic E-state index is 12.3. The van der Waals surface area contributed by atoms with E-state index in [9.17, 15) is 4.79 Å². The number of hydrogen-bond donors (Lipinski definition) is 2. The fraction of sp³-hybridized carbons (Fsp3) is 0.611. The number of carbonyl (C=O) groups excluding carboxylic acids is 1. The summed E-state index contributed by atoms with van der Waals surface area (Å²) < 4.78 is 11.2. The third-order valence-corrected chi connectivity index (χ3v) is 4.35. The Balaban J connectivity index is 1.81. The standard InChI is InChI=1S/C18H28N2O3/c1-12-5-4-6-13(2)17(12)23-11-14(3)20-18(21)16(19)15-7-9-22-10-8-15/h4-6,14-16H,7-11,19H2,1-3H3,(H,20,21). The Morgan fingerprint density at radius 1 is 1.35 bits per heavy atom. The quantitative estimate of drug-likeness (QED) is 0.840. The molecule has 1 aliphatic rings. The first-order chi connectivity index (χ1) is 11.0. The van der Waals surface area contributed by atoms with Crippen LogP contribution in [0, 0.1) is 19.8 Å². The fourth-order valence-electron chi connectivity index (χ4n) is 2.90. The van der Waals surface area contributed by atoms with E-state index in [2.05, 4.69) is 5.32 Å². The summed E-state index contributed by atoms with van der Waals surface area (Å²) in [6, 6.07) is 5.49. The Morgan fingerprint density at radius 2 is 1.96 bits per heavy atom. The Hall–Kier alpha value is -1.59. The minimum atomic E-state index is -0.471. The van der Waals surface area contributed by atoms with Crippen LogP contribution in [0.2, 0.25) is 0 Å². The summed E-state index contributed by atoms with van der Waals surface area (Å²) in [6.45, 7) is 7.78. The van der Waals surface area contributed by atoms with E-state index in [4.69, 9.17) is 15.2 Å². The van der Waals surface area contributed by atoms with E-state index in [1.807, 2.05) is 39.0 Å². The van der Waals surface area contributed by atoms with Gasteiger partial charge in [-0.1, -0.05) is 18.2 Å². The molecule has 5 heteroatoms. The highest BCUT2D eigenvalue weighted by atomic mass is 16.5. The highest BCUT2D eigenvalue weighted by molar-refractivity contribution is 5.82. The molecular weight excluding hydrogens is 292 g/mol. The number of hydrogen-bond acceptors (Lipinski definition) is 4. The van der Waals surface area contributed by atoms with Crippen LogP contribution in [0.15, 0.2) is 18.2 Å². The van der Waals surface area contributed by atoms with Gasteiger partial charge in [0.25, 0.3) is 0 Å². The summed E-state index contributed by atoms with van der Waals surface area (Å²) in [7, 11) is 0. The van der Waals surface area contributed by atoms with Crippen LogP contribution in [0.3, 0.4) is 0 Å². The number of aryl methyl sites for hydroxylation is 2. The van der Waals surface area contributed by atoms with Crippen molar-refractivity contribution in [3.05, 3.63) is 29.3 Å². The Labute approximate surface area is 138 Å². The molecule has 1 aromatic rings. The molecule has 0 aromatic heterocycles. The molecule has 0 bridgehead atoms. The number of nitrogens with one attached hydrogen (secondary N) is 1. The van der Waals surface area contributed by atoms with Crippen LogP contribution in [-0.2, 0) is 9.53 Å². The molecular formula is C18H28N2O3. The molecule has 1 heterocycles. The van der Waals surface area contributed by atoms with Gasteiger partial charge >= 0.3 is 0 Å². The number of nitrogens with two attached hydrogens (primary N) is 1. The zero-order chi connectivity index (χ0) is 16.8. The smallest absolute Gasteiger partial charge is 0.237 e. The molecule has 0 radical (unpaired) electrons. The van der Waals surface area contributed by atoms with Gasteiger partial charge in [0.2, 0.25) is 5.91 Å². The molecule has 3 N–H and O–H groups in total. The van der Waals surface area contributed by atoms with Crippen molar-refractivity contribution < 1.29 is 14.3 Å². The van der Waals surface area contributed by atoms with Crippen molar-refractivity contribution >= 4 is 5.91 Å². The molecule has 0 spiro atoms. The van der Waals surface area contributed by atoms with Crippen molar-refractivity contribution in [3.63, 3.8) is 0 Å². The number of benzene rings is 1. The first kappa shape index (κ1) is 17.8. The van der Waals surface area contributed by atoms with Gasteiger partial charge in [0, 0.05) is 13.2 Å². The van der Waals surface area contributed by atoms with Gasteiger partial charge in [-0.3, -0.25) is 4.79 Å². The molecule has 0 aliphatic carbocycles. The average molecular weight is 320 g/mol. The Bertz CT molecular complexity index is 507. The van der Waals surface area contributed by atoms with Crippen LogP contribution >= 0.6 is 0 Å². The van der Waals surface area contributed by atoms with E-state index in [-0.39, 0.29) is 17.9 Å². The molecule has 2 atom stereocenters. The van der Waals surface area contributed by atoms with E-state index in [1.165, 1.54) is 0 Å². The Kier molecular flexibility index (Phi) is 6.42. The summed E-state index contributed by atoms with van der Waals surface area (Å²) in [5, 5.41) is 2.96. The van der Waals surface area contributed by atoms with Crippen LogP contribution in [0.4, 0.5) is 0 Å². The number of ether oxygens (including phenoxy) is 2. The van der Waals surface area contributed by atoms with Crippen LogP contribution in [0.5, 0.6) is 5.75 Å². The van der Waals surface area contributed by atoms with E-state index in [0.717, 1.165) is 29.7 Å². The van der Waals surface area contributed by atoms with Crippen molar-refractivity contribution in [2.45, 2.75) is 45.7 Å². The second-order valence-electron chi connectivity index (χ2n) is 6.42. The van der Waals surface area contributed by atoms with E-state index >= 15 is 0 Å². The highest BCUT2D eigenvalue weighted by Crippen LogP contribution is 2.22. The zero-order valence-electron chi connectivity index (χ0n) is 14.3. The first-order valence-corrected chi connectivity index (χ1v) is 8.31. The molecule has 5 nitrogen and oxygen atoms in total. The summed E-state index contributed by atoms with van der Waals surface area (Å²) in [4.78, 5) is 12.3. The van der Waals surface area contributed by atoms with Gasteiger partial charge in [-0.05, 0) is 50.7 Å². The predicted octanol–water partition coefficient (Wildman–Crippen LogP) is 1.94. The van der Waals surface area contributed by atoms with Crippen molar-refractivity contribution in [2.75, 3.05) is 19.8 Å². The number of rotatable bonds is 6. The number of carbonyl (C=O) groups is 1. The SMILES string of the molecule is Cc1cccc(C)c1OCC(C)NC(=O)C(N)C1CCOCC1. The van der Waals surface area contributed by atoms with Gasteiger partial charge in [0.05, 0.1) is 12.1 Å². The molecule has 23 heavy (non-hydrogen) atoms. The molecule has 1 aliphatic heterocycles. The lowest BCUT2D eigenvalue weighted by molar-refractivity contribution is -0.125. The van der Waals surface area contributed by atoms with Gasteiger partial charge in [-0.25, -0.2) is 0 Å². The molecule has 0 saturated carbocycles. The van der Waals surface area contributed by atoms with Crippen molar-refractivity contribution in [1.82, 2.24) is 5.32 Å². The molecule has 1 amide bonds. The van der Waals surface area contributed by atoms with E-state index in [0.29, 0.717) is 19.8 Å². The number of amides is 1. The van der Waals surface area contributed by atoms with E-state index < -0.39 is 6.04 Å². The zero-order valence-corrected chi connectivity index (χ0v) is 14.3. The topological polar surface area (TPSA) is 73.6 Å². The van der Waals surface area contributed by atoms with Crippen LogP contribution in [0.25, 0.3) is 0 Å². The third-order valence-electron chi connectivity index (χ3n) is 4.35. The minimum absolute atomic E-state index is 0.0904. The molecule has 2 unspecified atom stereocenters. The van der Waals surface area contributed by atoms with Gasteiger partial charge in [0.1, 0.15) is 12.4 Å². The van der Waals surface area contributed by atoms with Crippen molar-refractivity contribution in [2.24, 2.45) is 11.7 Å². The minimum Gasteiger partial charge on any atom is -0.491 e.